The standard InChI is InChI=1S/C13H18N2O2S/c1-4-7-15(8-5-2)9-10-12(13(16)17)14-11(6-3)18-10/h4-5H,1-2,6-9H2,3H3,(H,16,17). The average molecular weight is 266 g/mol. The summed E-state index contributed by atoms with van der Waals surface area (Å²) in [5, 5.41) is 9.99. The third-order valence-electron chi connectivity index (χ3n) is 2.39. The van der Waals surface area contributed by atoms with E-state index in [1.54, 1.807) is 12.2 Å². The first-order valence-electron chi connectivity index (χ1n) is 5.78. The third-order valence-corrected chi connectivity index (χ3v) is 3.57. The van der Waals surface area contributed by atoms with Crippen LogP contribution in [-0.2, 0) is 13.0 Å². The highest BCUT2D eigenvalue weighted by atomic mass is 32.1. The number of carboxylic acid groups (broad SMARTS) is 1. The van der Waals surface area contributed by atoms with E-state index in [4.69, 9.17) is 5.11 Å². The lowest BCUT2D eigenvalue weighted by Crippen LogP contribution is -2.23. The van der Waals surface area contributed by atoms with Crippen molar-refractivity contribution in [2.45, 2.75) is 19.9 Å². The Morgan fingerprint density at radius 1 is 1.44 bits per heavy atom. The summed E-state index contributed by atoms with van der Waals surface area (Å²) in [6, 6.07) is 0. The molecule has 18 heavy (non-hydrogen) atoms. The van der Waals surface area contributed by atoms with Crippen LogP contribution in [0.15, 0.2) is 25.3 Å². The Bertz CT molecular complexity index is 430. The fourth-order valence-corrected chi connectivity index (χ4v) is 2.64. The minimum absolute atomic E-state index is 0.176. The van der Waals surface area contributed by atoms with Crippen molar-refractivity contribution in [3.63, 3.8) is 0 Å². The van der Waals surface area contributed by atoms with Crippen LogP contribution in [0.4, 0.5) is 0 Å². The monoisotopic (exact) mass is 266 g/mol. The van der Waals surface area contributed by atoms with E-state index in [1.165, 1.54) is 11.3 Å². The van der Waals surface area contributed by atoms with Crippen molar-refractivity contribution in [2.24, 2.45) is 0 Å². The van der Waals surface area contributed by atoms with Crippen LogP contribution in [0, 0.1) is 0 Å². The second-order valence-corrected chi connectivity index (χ2v) is 4.98. The predicted molar refractivity (Wildman–Crippen MR) is 74.1 cm³/mol. The molecule has 98 valence electrons. The Morgan fingerprint density at radius 2 is 2.06 bits per heavy atom. The Kier molecular flexibility index (Phi) is 5.74. The first kappa shape index (κ1) is 14.6. The second kappa shape index (κ2) is 7.08. The zero-order chi connectivity index (χ0) is 13.5. The number of aromatic nitrogens is 1. The van der Waals surface area contributed by atoms with Gasteiger partial charge in [-0.3, -0.25) is 4.90 Å². The van der Waals surface area contributed by atoms with Crippen molar-refractivity contribution < 1.29 is 9.90 Å². The van der Waals surface area contributed by atoms with Crippen molar-refractivity contribution >= 4 is 17.3 Å². The van der Waals surface area contributed by atoms with Crippen molar-refractivity contribution in [3.05, 3.63) is 40.9 Å². The fraction of sp³-hybridized carbons (Fsp3) is 0.385. The van der Waals surface area contributed by atoms with E-state index >= 15 is 0 Å². The molecule has 0 atom stereocenters. The number of hydrogen-bond acceptors (Lipinski definition) is 4. The highest BCUT2D eigenvalue weighted by molar-refractivity contribution is 7.11. The molecule has 1 rings (SSSR count). The molecule has 4 nitrogen and oxygen atoms in total. The van der Waals surface area contributed by atoms with E-state index in [0.717, 1.165) is 16.3 Å². The Hall–Kier alpha value is -1.46. The van der Waals surface area contributed by atoms with E-state index in [9.17, 15) is 4.79 Å². The summed E-state index contributed by atoms with van der Waals surface area (Å²) in [5.74, 6) is -0.960. The number of carboxylic acids is 1. The van der Waals surface area contributed by atoms with Gasteiger partial charge in [0.1, 0.15) is 0 Å². The highest BCUT2D eigenvalue weighted by Crippen LogP contribution is 2.21. The molecule has 0 aliphatic rings. The maximum Gasteiger partial charge on any atom is 0.355 e. The van der Waals surface area contributed by atoms with Crippen molar-refractivity contribution in [3.8, 4) is 0 Å². The van der Waals surface area contributed by atoms with Crippen LogP contribution in [0.1, 0.15) is 27.3 Å². The van der Waals surface area contributed by atoms with Crippen LogP contribution in [0.25, 0.3) is 0 Å². The normalized spacial score (nSPS) is 10.6. The van der Waals surface area contributed by atoms with Gasteiger partial charge in [0.25, 0.3) is 0 Å². The van der Waals surface area contributed by atoms with E-state index in [1.807, 2.05) is 6.92 Å². The molecule has 1 aromatic rings. The molecular weight excluding hydrogens is 248 g/mol. The van der Waals surface area contributed by atoms with Gasteiger partial charge in [-0.1, -0.05) is 19.1 Å². The van der Waals surface area contributed by atoms with Crippen LogP contribution in [0.2, 0.25) is 0 Å². The van der Waals surface area contributed by atoms with Crippen LogP contribution in [0.3, 0.4) is 0 Å². The van der Waals surface area contributed by atoms with Crippen molar-refractivity contribution in [1.82, 2.24) is 9.88 Å². The molecule has 0 spiro atoms. The van der Waals surface area contributed by atoms with Gasteiger partial charge in [0, 0.05) is 19.6 Å². The summed E-state index contributed by atoms with van der Waals surface area (Å²) >= 11 is 1.47. The van der Waals surface area contributed by atoms with E-state index in [-0.39, 0.29) is 5.69 Å². The smallest absolute Gasteiger partial charge is 0.355 e. The van der Waals surface area contributed by atoms with Gasteiger partial charge in [-0.2, -0.15) is 0 Å². The second-order valence-electron chi connectivity index (χ2n) is 3.81. The molecule has 0 unspecified atom stereocenters. The molecule has 1 N–H and O–H groups in total. The molecule has 0 fully saturated rings. The number of rotatable bonds is 8. The van der Waals surface area contributed by atoms with Gasteiger partial charge < -0.3 is 5.11 Å². The van der Waals surface area contributed by atoms with Crippen LogP contribution < -0.4 is 0 Å². The van der Waals surface area contributed by atoms with Gasteiger partial charge in [0.05, 0.1) is 9.88 Å². The molecule has 5 heteroatoms. The van der Waals surface area contributed by atoms with Gasteiger partial charge in [-0.15, -0.1) is 24.5 Å². The first-order chi connectivity index (χ1) is 8.62. The maximum absolute atomic E-state index is 11.1. The zero-order valence-electron chi connectivity index (χ0n) is 10.6. The molecule has 0 amide bonds. The lowest BCUT2D eigenvalue weighted by Gasteiger charge is -2.17. The van der Waals surface area contributed by atoms with Gasteiger partial charge in [-0.25, -0.2) is 9.78 Å². The minimum atomic E-state index is -0.960. The molecule has 0 aliphatic heterocycles. The molecule has 1 aromatic heterocycles. The molecule has 0 saturated heterocycles. The van der Waals surface area contributed by atoms with E-state index in [2.05, 4.69) is 23.0 Å². The van der Waals surface area contributed by atoms with Gasteiger partial charge in [-0.05, 0) is 6.42 Å². The van der Waals surface area contributed by atoms with Crippen LogP contribution in [-0.4, -0.2) is 34.0 Å². The van der Waals surface area contributed by atoms with Crippen molar-refractivity contribution in [2.75, 3.05) is 13.1 Å². The topological polar surface area (TPSA) is 53.4 Å². The van der Waals surface area contributed by atoms with Crippen molar-refractivity contribution in [1.29, 1.82) is 0 Å². The van der Waals surface area contributed by atoms with E-state index in [0.29, 0.717) is 19.6 Å². The Balaban J connectivity index is 2.92. The molecule has 0 radical (unpaired) electrons. The molecule has 0 aliphatic carbocycles. The molecule has 0 bridgehead atoms. The number of carbonyl (C=O) groups is 1. The maximum atomic E-state index is 11.1. The van der Waals surface area contributed by atoms with Crippen LogP contribution in [0.5, 0.6) is 0 Å². The third kappa shape index (κ3) is 3.78. The molecule has 0 aromatic carbocycles. The largest absolute Gasteiger partial charge is 0.476 e. The summed E-state index contributed by atoms with van der Waals surface area (Å²) in [4.78, 5) is 18.1. The number of hydrogen-bond donors (Lipinski definition) is 1. The molecular formula is C13H18N2O2S. The first-order valence-corrected chi connectivity index (χ1v) is 6.60. The van der Waals surface area contributed by atoms with Gasteiger partial charge >= 0.3 is 5.97 Å². The summed E-state index contributed by atoms with van der Waals surface area (Å²) < 4.78 is 0. The minimum Gasteiger partial charge on any atom is -0.476 e. The van der Waals surface area contributed by atoms with Crippen LogP contribution >= 0.6 is 11.3 Å². The number of aromatic carboxylic acids is 1. The highest BCUT2D eigenvalue weighted by Gasteiger charge is 2.18. The Morgan fingerprint density at radius 3 is 2.50 bits per heavy atom. The van der Waals surface area contributed by atoms with Gasteiger partial charge in [0.15, 0.2) is 5.69 Å². The number of nitrogens with zero attached hydrogens (tertiary/aromatic N) is 2. The summed E-state index contributed by atoms with van der Waals surface area (Å²) in [6.45, 7) is 11.3. The summed E-state index contributed by atoms with van der Waals surface area (Å²) in [5.41, 5.74) is 0.176. The van der Waals surface area contributed by atoms with E-state index < -0.39 is 5.97 Å². The number of aryl methyl sites for hydroxylation is 1. The summed E-state index contributed by atoms with van der Waals surface area (Å²) in [6.07, 6.45) is 4.35. The predicted octanol–water partition coefficient (Wildman–Crippen LogP) is 2.58. The molecule has 1 heterocycles. The fourth-order valence-electron chi connectivity index (χ4n) is 1.60. The molecule has 0 saturated carbocycles. The SMILES string of the molecule is C=CCN(CC=C)Cc1sc(CC)nc1C(=O)O. The quantitative estimate of drug-likeness (QED) is 0.735. The average Bonchev–Trinajstić information content (AvgIpc) is 2.73. The lowest BCUT2D eigenvalue weighted by molar-refractivity contribution is 0.0689. The van der Waals surface area contributed by atoms with Gasteiger partial charge in [0.2, 0.25) is 0 Å². The Labute approximate surface area is 111 Å². The zero-order valence-corrected chi connectivity index (χ0v) is 11.4. The lowest BCUT2D eigenvalue weighted by atomic mass is 10.3. The summed E-state index contributed by atoms with van der Waals surface area (Å²) in [7, 11) is 0. The number of thiazole rings is 1.